The molecule has 0 saturated carbocycles. The monoisotopic (exact) mass is 508 g/mol. The SMILES string of the molecule is Cc1cc(C)c(C)c(-c2c3sc4c5c(ccc4c3cc[n+]2C)C(F)(F)C(C)(C)C(F)(F)C5(F)F)c1. The normalized spacial score (nSPS) is 19.8. The smallest absolute Gasteiger partial charge is 0.200 e. The second-order valence-corrected chi connectivity index (χ2v) is 11.1. The highest BCUT2D eigenvalue weighted by Crippen LogP contribution is 2.67. The van der Waals surface area contributed by atoms with Crippen LogP contribution in [0.4, 0.5) is 26.3 Å². The van der Waals surface area contributed by atoms with Gasteiger partial charge in [0.25, 0.3) is 5.92 Å². The van der Waals surface area contributed by atoms with Gasteiger partial charge in [0.2, 0.25) is 5.69 Å². The third-order valence-corrected chi connectivity index (χ3v) is 8.86. The number of rotatable bonds is 1. The molecule has 2 heterocycles. The van der Waals surface area contributed by atoms with Gasteiger partial charge in [-0.25, -0.2) is 8.78 Å². The molecule has 2 aromatic heterocycles. The van der Waals surface area contributed by atoms with Gasteiger partial charge in [0, 0.05) is 27.1 Å². The number of aryl methyl sites for hydroxylation is 3. The molecule has 5 rings (SSSR count). The van der Waals surface area contributed by atoms with Crippen molar-refractivity contribution < 1.29 is 30.9 Å². The van der Waals surface area contributed by atoms with Crippen molar-refractivity contribution in [3.05, 3.63) is 64.3 Å². The molecule has 0 unspecified atom stereocenters. The zero-order valence-corrected chi connectivity index (χ0v) is 20.9. The first-order valence-electron chi connectivity index (χ1n) is 11.2. The Morgan fingerprint density at radius 3 is 2.09 bits per heavy atom. The van der Waals surface area contributed by atoms with E-state index in [0.717, 1.165) is 45.4 Å². The summed E-state index contributed by atoms with van der Waals surface area (Å²) in [5, 5.41) is 0.824. The minimum Gasteiger partial charge on any atom is -0.200 e. The maximum Gasteiger partial charge on any atom is 0.338 e. The van der Waals surface area contributed by atoms with Gasteiger partial charge in [0.15, 0.2) is 6.20 Å². The van der Waals surface area contributed by atoms with Crippen molar-refractivity contribution >= 4 is 31.5 Å². The Hall–Kier alpha value is -2.61. The van der Waals surface area contributed by atoms with Crippen molar-refractivity contribution in [2.75, 3.05) is 0 Å². The van der Waals surface area contributed by atoms with Gasteiger partial charge in [-0.2, -0.15) is 22.1 Å². The van der Waals surface area contributed by atoms with Gasteiger partial charge in [-0.05, 0) is 51.8 Å². The first kappa shape index (κ1) is 24.1. The molecule has 1 aliphatic carbocycles. The second kappa shape index (κ2) is 6.99. The summed E-state index contributed by atoms with van der Waals surface area (Å²) < 4.78 is 93.9. The van der Waals surface area contributed by atoms with Gasteiger partial charge < -0.3 is 0 Å². The third kappa shape index (κ3) is 2.80. The Labute approximate surface area is 203 Å². The number of alkyl halides is 6. The molecule has 0 spiro atoms. The fourth-order valence-corrected chi connectivity index (χ4v) is 6.67. The fraction of sp³-hybridized carbons (Fsp3) is 0.370. The minimum atomic E-state index is -4.96. The average molecular weight is 509 g/mol. The number of thiophene rings is 1. The maximum atomic E-state index is 15.5. The number of hydrogen-bond donors (Lipinski definition) is 0. The lowest BCUT2D eigenvalue weighted by Gasteiger charge is -2.48. The second-order valence-electron chi connectivity index (χ2n) is 10.1. The summed E-state index contributed by atoms with van der Waals surface area (Å²) in [5.74, 6) is -13.9. The Bertz CT molecular complexity index is 1550. The zero-order chi connectivity index (χ0) is 25.9. The van der Waals surface area contributed by atoms with E-state index in [-0.39, 0.29) is 10.1 Å². The van der Waals surface area contributed by atoms with Gasteiger partial charge in [-0.15, -0.1) is 11.3 Å². The molecule has 0 radical (unpaired) electrons. The molecule has 0 N–H and O–H groups in total. The molecule has 4 aromatic rings. The van der Waals surface area contributed by atoms with Crippen LogP contribution in [0.5, 0.6) is 0 Å². The Morgan fingerprint density at radius 2 is 1.43 bits per heavy atom. The van der Waals surface area contributed by atoms with Gasteiger partial charge in [0.05, 0.1) is 11.1 Å². The lowest BCUT2D eigenvalue weighted by Crippen LogP contribution is -2.60. The Morgan fingerprint density at radius 1 is 0.800 bits per heavy atom. The molecule has 0 saturated heterocycles. The summed E-state index contributed by atoms with van der Waals surface area (Å²) in [5.41, 5.74) is -0.936. The summed E-state index contributed by atoms with van der Waals surface area (Å²) in [6, 6.07) is 7.98. The van der Waals surface area contributed by atoms with E-state index < -0.39 is 34.3 Å². The van der Waals surface area contributed by atoms with Crippen LogP contribution >= 0.6 is 11.3 Å². The molecule has 184 valence electrons. The molecular weight excluding hydrogens is 484 g/mol. The van der Waals surface area contributed by atoms with Crippen molar-refractivity contribution in [3.8, 4) is 11.3 Å². The van der Waals surface area contributed by atoms with Crippen LogP contribution in [0.1, 0.15) is 41.7 Å². The topological polar surface area (TPSA) is 3.88 Å². The minimum absolute atomic E-state index is 0.230. The van der Waals surface area contributed by atoms with E-state index in [9.17, 15) is 0 Å². The highest BCUT2D eigenvalue weighted by molar-refractivity contribution is 7.26. The number of fused-ring (bicyclic) bond motifs is 5. The standard InChI is InChI=1S/C27H24F6NS/c1-13-11-14(2)15(3)18(12-13)21-23-17(9-10-34(21)6)16-7-8-19-20(22(16)35-23)26(30,31)27(32,33)24(4,5)25(19,28)29/h7-12H,1-6H3/q+1. The van der Waals surface area contributed by atoms with Crippen LogP contribution < -0.4 is 4.57 Å². The van der Waals surface area contributed by atoms with Gasteiger partial charge in [0.1, 0.15) is 17.2 Å². The van der Waals surface area contributed by atoms with Crippen LogP contribution in [-0.2, 0) is 18.9 Å². The lowest BCUT2D eigenvalue weighted by atomic mass is 9.66. The molecular formula is C27H24F6NS+. The Balaban J connectivity index is 1.96. The van der Waals surface area contributed by atoms with E-state index in [2.05, 4.69) is 0 Å². The van der Waals surface area contributed by atoms with E-state index in [1.165, 1.54) is 6.07 Å². The predicted octanol–water partition coefficient (Wildman–Crippen LogP) is 8.33. The van der Waals surface area contributed by atoms with Crippen molar-refractivity contribution in [1.82, 2.24) is 0 Å². The van der Waals surface area contributed by atoms with Gasteiger partial charge in [-0.1, -0.05) is 23.8 Å². The van der Waals surface area contributed by atoms with Crippen LogP contribution in [0, 0.1) is 26.2 Å². The molecule has 0 bridgehead atoms. The molecule has 1 nitrogen and oxygen atoms in total. The van der Waals surface area contributed by atoms with E-state index >= 15 is 26.3 Å². The predicted molar refractivity (Wildman–Crippen MR) is 127 cm³/mol. The van der Waals surface area contributed by atoms with Crippen LogP contribution in [0.15, 0.2) is 36.5 Å². The van der Waals surface area contributed by atoms with E-state index in [4.69, 9.17) is 0 Å². The summed E-state index contributed by atoms with van der Waals surface area (Å²) >= 11 is 0.869. The number of hydrogen-bond acceptors (Lipinski definition) is 1. The van der Waals surface area contributed by atoms with E-state index in [1.807, 2.05) is 44.5 Å². The lowest BCUT2D eigenvalue weighted by molar-refractivity contribution is -0.659. The molecule has 35 heavy (non-hydrogen) atoms. The average Bonchev–Trinajstić information content (AvgIpc) is 3.13. The molecule has 0 aliphatic heterocycles. The fourth-order valence-electron chi connectivity index (χ4n) is 5.20. The number of pyridine rings is 1. The van der Waals surface area contributed by atoms with Gasteiger partial charge in [-0.3, -0.25) is 0 Å². The van der Waals surface area contributed by atoms with Crippen molar-refractivity contribution in [2.24, 2.45) is 12.5 Å². The quantitative estimate of drug-likeness (QED) is 0.180. The summed E-state index contributed by atoms with van der Waals surface area (Å²) in [7, 11) is 1.81. The molecule has 2 aromatic carbocycles. The van der Waals surface area contributed by atoms with Crippen LogP contribution in [0.3, 0.4) is 0 Å². The molecule has 0 fully saturated rings. The number of aromatic nitrogens is 1. The summed E-state index contributed by atoms with van der Waals surface area (Å²) in [4.78, 5) is 0. The zero-order valence-electron chi connectivity index (χ0n) is 20.1. The van der Waals surface area contributed by atoms with Crippen molar-refractivity contribution in [2.45, 2.75) is 52.4 Å². The van der Waals surface area contributed by atoms with Crippen LogP contribution in [-0.4, -0.2) is 5.92 Å². The summed E-state index contributed by atoms with van der Waals surface area (Å²) in [6.07, 6.45) is 1.77. The van der Waals surface area contributed by atoms with Crippen molar-refractivity contribution in [1.29, 1.82) is 0 Å². The summed E-state index contributed by atoms with van der Waals surface area (Å²) in [6.45, 7) is 6.87. The van der Waals surface area contributed by atoms with E-state index in [0.29, 0.717) is 23.9 Å². The highest BCUT2D eigenvalue weighted by atomic mass is 32.1. The third-order valence-electron chi connectivity index (χ3n) is 7.61. The Kier molecular flexibility index (Phi) is 4.81. The van der Waals surface area contributed by atoms with E-state index in [1.54, 1.807) is 12.3 Å². The molecule has 1 aliphatic rings. The maximum absolute atomic E-state index is 15.5. The van der Waals surface area contributed by atoms with Gasteiger partial charge >= 0.3 is 11.8 Å². The molecule has 8 heteroatoms. The molecule has 0 amide bonds. The number of benzene rings is 2. The first-order chi connectivity index (χ1) is 16.1. The number of nitrogens with zero attached hydrogens (tertiary/aromatic N) is 1. The number of halogens is 6. The largest absolute Gasteiger partial charge is 0.338 e. The molecule has 0 atom stereocenters. The first-order valence-corrected chi connectivity index (χ1v) is 12.0. The van der Waals surface area contributed by atoms with Crippen LogP contribution in [0.25, 0.3) is 31.4 Å². The van der Waals surface area contributed by atoms with Crippen molar-refractivity contribution in [3.63, 3.8) is 0 Å². The highest BCUT2D eigenvalue weighted by Gasteiger charge is 2.78. The van der Waals surface area contributed by atoms with Crippen LogP contribution in [0.2, 0.25) is 0 Å².